The van der Waals surface area contributed by atoms with Crippen LogP contribution in [0.1, 0.15) is 11.1 Å². The van der Waals surface area contributed by atoms with Crippen LogP contribution in [0.5, 0.6) is 5.75 Å². The van der Waals surface area contributed by atoms with Gasteiger partial charge in [-0.3, -0.25) is 4.21 Å². The fourth-order valence-electron chi connectivity index (χ4n) is 1.83. The third-order valence-corrected chi connectivity index (χ3v) is 4.27. The highest BCUT2D eigenvalue weighted by Gasteiger charge is 2.04. The zero-order valence-corrected chi connectivity index (χ0v) is 12.4. The molecule has 0 aromatic heterocycles. The second kappa shape index (κ2) is 7.22. The molecule has 0 aliphatic rings. The molecule has 0 saturated carbocycles. The van der Waals surface area contributed by atoms with E-state index in [9.17, 15) is 4.21 Å². The van der Waals surface area contributed by atoms with E-state index in [1.165, 1.54) is 0 Å². The fourth-order valence-corrected chi connectivity index (χ4v) is 2.85. The van der Waals surface area contributed by atoms with Gasteiger partial charge in [0.2, 0.25) is 0 Å². The van der Waals surface area contributed by atoms with Crippen LogP contribution in [0.2, 0.25) is 0 Å². The average Bonchev–Trinajstić information content (AvgIpc) is 2.48. The van der Waals surface area contributed by atoms with Gasteiger partial charge in [0, 0.05) is 11.4 Å². The Kier molecular flexibility index (Phi) is 5.32. The summed E-state index contributed by atoms with van der Waals surface area (Å²) in [6.07, 6.45) is 0. The first-order valence-corrected chi connectivity index (χ1v) is 7.88. The molecule has 0 saturated heterocycles. The van der Waals surface area contributed by atoms with E-state index < -0.39 is 10.8 Å². The van der Waals surface area contributed by atoms with Crippen molar-refractivity contribution in [1.82, 2.24) is 0 Å². The van der Waals surface area contributed by atoms with E-state index in [0.717, 1.165) is 21.8 Å². The molecule has 2 rings (SSSR count). The minimum absolute atomic E-state index is 0.433. The molecule has 20 heavy (non-hydrogen) atoms. The van der Waals surface area contributed by atoms with Gasteiger partial charge >= 0.3 is 0 Å². The van der Waals surface area contributed by atoms with Crippen LogP contribution in [0.15, 0.2) is 53.4 Å². The molecule has 0 fully saturated rings. The predicted octanol–water partition coefficient (Wildman–Crippen LogP) is 2.64. The van der Waals surface area contributed by atoms with Crippen LogP contribution in [0.4, 0.5) is 0 Å². The molecular formula is C16H19NO2S. The third-order valence-electron chi connectivity index (χ3n) is 2.95. The van der Waals surface area contributed by atoms with Gasteiger partial charge in [0.25, 0.3) is 0 Å². The summed E-state index contributed by atoms with van der Waals surface area (Å²) in [6, 6.07) is 15.4. The molecule has 0 aliphatic heterocycles. The molecule has 0 heterocycles. The van der Waals surface area contributed by atoms with E-state index >= 15 is 0 Å². The highest BCUT2D eigenvalue weighted by Crippen LogP contribution is 2.13. The molecule has 2 aromatic carbocycles. The Hall–Kier alpha value is -1.65. The lowest BCUT2D eigenvalue weighted by Gasteiger charge is -2.07. The Bertz CT molecular complexity index is 581. The van der Waals surface area contributed by atoms with Crippen LogP contribution < -0.4 is 10.5 Å². The lowest BCUT2D eigenvalue weighted by Crippen LogP contribution is -2.09. The van der Waals surface area contributed by atoms with Crippen molar-refractivity contribution >= 4 is 10.8 Å². The Morgan fingerprint density at radius 2 is 1.90 bits per heavy atom. The quantitative estimate of drug-likeness (QED) is 0.889. The Morgan fingerprint density at radius 1 is 1.15 bits per heavy atom. The summed E-state index contributed by atoms with van der Waals surface area (Å²) in [5, 5.41) is 0. The summed E-state index contributed by atoms with van der Waals surface area (Å²) in [5.41, 5.74) is 7.72. The summed E-state index contributed by atoms with van der Waals surface area (Å²) in [7, 11) is -1.02. The van der Waals surface area contributed by atoms with Crippen molar-refractivity contribution in [3.8, 4) is 5.75 Å². The van der Waals surface area contributed by atoms with Crippen molar-refractivity contribution in [3.05, 3.63) is 59.7 Å². The molecule has 2 N–H and O–H groups in total. The number of aryl methyl sites for hydroxylation is 1. The molecule has 2 aromatic rings. The summed E-state index contributed by atoms with van der Waals surface area (Å²) < 4.78 is 17.7. The molecule has 106 valence electrons. The van der Waals surface area contributed by atoms with Gasteiger partial charge in [-0.2, -0.15) is 0 Å². The first-order valence-electron chi connectivity index (χ1n) is 6.56. The van der Waals surface area contributed by atoms with Crippen molar-refractivity contribution in [2.45, 2.75) is 18.4 Å². The Morgan fingerprint density at radius 3 is 2.55 bits per heavy atom. The average molecular weight is 289 g/mol. The molecule has 4 heteroatoms. The van der Waals surface area contributed by atoms with Crippen molar-refractivity contribution in [1.29, 1.82) is 0 Å². The van der Waals surface area contributed by atoms with Gasteiger partial charge in [0.1, 0.15) is 12.4 Å². The van der Waals surface area contributed by atoms with Gasteiger partial charge in [-0.15, -0.1) is 0 Å². The highest BCUT2D eigenvalue weighted by atomic mass is 32.2. The van der Waals surface area contributed by atoms with Crippen molar-refractivity contribution in [2.75, 3.05) is 12.4 Å². The van der Waals surface area contributed by atoms with Gasteiger partial charge in [-0.1, -0.05) is 24.3 Å². The largest absolute Gasteiger partial charge is 0.493 e. The molecule has 1 atom stereocenters. The lowest BCUT2D eigenvalue weighted by molar-refractivity contribution is 0.342. The third kappa shape index (κ3) is 4.18. The fraction of sp³-hybridized carbons (Fsp3) is 0.250. The maximum Gasteiger partial charge on any atom is 0.119 e. The molecule has 0 aliphatic carbocycles. The Labute approximate surface area is 122 Å². The number of ether oxygens (including phenoxy) is 1. The molecule has 1 unspecified atom stereocenters. The van der Waals surface area contributed by atoms with E-state index in [2.05, 4.69) is 0 Å². The van der Waals surface area contributed by atoms with E-state index in [4.69, 9.17) is 10.5 Å². The molecule has 3 nitrogen and oxygen atoms in total. The van der Waals surface area contributed by atoms with Gasteiger partial charge in [-0.05, 0) is 42.3 Å². The predicted molar refractivity (Wildman–Crippen MR) is 82.3 cm³/mol. The summed E-state index contributed by atoms with van der Waals surface area (Å²) in [5.74, 6) is 1.27. The van der Waals surface area contributed by atoms with E-state index in [0.29, 0.717) is 18.9 Å². The minimum atomic E-state index is -1.02. The van der Waals surface area contributed by atoms with Gasteiger partial charge in [0.05, 0.1) is 16.6 Å². The van der Waals surface area contributed by atoms with Crippen LogP contribution in [0.3, 0.4) is 0 Å². The van der Waals surface area contributed by atoms with Gasteiger partial charge in [0.15, 0.2) is 0 Å². The van der Waals surface area contributed by atoms with Crippen LogP contribution >= 0.6 is 0 Å². The standard InChI is InChI=1S/C16H19NO2S/c1-13-3-2-4-16(11-13)20(18)10-9-19-15-7-5-14(12-17)6-8-15/h2-8,11H,9-10,12,17H2,1H3. The monoisotopic (exact) mass is 289 g/mol. The summed E-state index contributed by atoms with van der Waals surface area (Å²) in [4.78, 5) is 0.854. The number of nitrogens with two attached hydrogens (primary N) is 1. The number of benzene rings is 2. The number of hydrogen-bond donors (Lipinski definition) is 1. The second-order valence-corrected chi connectivity index (χ2v) is 6.13. The highest BCUT2D eigenvalue weighted by molar-refractivity contribution is 7.85. The van der Waals surface area contributed by atoms with E-state index in [1.807, 2.05) is 55.5 Å². The first kappa shape index (κ1) is 14.8. The normalized spacial score (nSPS) is 12.1. The molecule has 0 amide bonds. The van der Waals surface area contributed by atoms with Crippen LogP contribution in [-0.2, 0) is 17.3 Å². The van der Waals surface area contributed by atoms with Crippen molar-refractivity contribution in [2.24, 2.45) is 5.73 Å². The molecule has 0 bridgehead atoms. The van der Waals surface area contributed by atoms with E-state index in [-0.39, 0.29) is 0 Å². The smallest absolute Gasteiger partial charge is 0.119 e. The van der Waals surface area contributed by atoms with Crippen molar-refractivity contribution in [3.63, 3.8) is 0 Å². The molecular weight excluding hydrogens is 270 g/mol. The SMILES string of the molecule is Cc1cccc(S(=O)CCOc2ccc(CN)cc2)c1. The minimum Gasteiger partial charge on any atom is -0.493 e. The summed E-state index contributed by atoms with van der Waals surface area (Å²) >= 11 is 0. The topological polar surface area (TPSA) is 52.3 Å². The van der Waals surface area contributed by atoms with Crippen LogP contribution in [0.25, 0.3) is 0 Å². The zero-order valence-electron chi connectivity index (χ0n) is 11.5. The van der Waals surface area contributed by atoms with Gasteiger partial charge < -0.3 is 10.5 Å². The van der Waals surface area contributed by atoms with Crippen LogP contribution in [0, 0.1) is 6.92 Å². The maximum atomic E-state index is 12.1. The first-order chi connectivity index (χ1) is 9.69. The molecule has 0 spiro atoms. The second-order valence-electron chi connectivity index (χ2n) is 4.56. The van der Waals surface area contributed by atoms with Crippen LogP contribution in [-0.4, -0.2) is 16.6 Å². The number of hydrogen-bond acceptors (Lipinski definition) is 3. The lowest BCUT2D eigenvalue weighted by atomic mass is 10.2. The summed E-state index contributed by atoms with van der Waals surface area (Å²) in [6.45, 7) is 2.95. The maximum absolute atomic E-state index is 12.1. The zero-order chi connectivity index (χ0) is 14.4. The van der Waals surface area contributed by atoms with Crippen molar-refractivity contribution < 1.29 is 8.95 Å². The molecule has 0 radical (unpaired) electrons. The van der Waals surface area contributed by atoms with Gasteiger partial charge in [-0.25, -0.2) is 0 Å². The Balaban J connectivity index is 1.84. The van der Waals surface area contributed by atoms with E-state index in [1.54, 1.807) is 0 Å². The number of rotatable bonds is 6.